The largest absolute Gasteiger partial charge is 0.344 e. The molecule has 1 aliphatic carbocycles. The van der Waals surface area contributed by atoms with Crippen molar-refractivity contribution in [1.29, 1.82) is 0 Å². The Balaban J connectivity index is 1.43. The first kappa shape index (κ1) is 17.3. The van der Waals surface area contributed by atoms with E-state index in [1.54, 1.807) is 17.3 Å². The molecule has 0 spiro atoms. The second kappa shape index (κ2) is 7.63. The quantitative estimate of drug-likeness (QED) is 0.609. The van der Waals surface area contributed by atoms with Crippen molar-refractivity contribution >= 4 is 10.9 Å². The van der Waals surface area contributed by atoms with Crippen molar-refractivity contribution in [3.05, 3.63) is 70.7 Å². The Hall–Kier alpha value is -2.13. The van der Waals surface area contributed by atoms with Crippen molar-refractivity contribution in [2.75, 3.05) is 6.54 Å². The maximum atomic E-state index is 13.7. The van der Waals surface area contributed by atoms with Crippen molar-refractivity contribution in [3.63, 3.8) is 0 Å². The van der Waals surface area contributed by atoms with Crippen LogP contribution in [-0.4, -0.2) is 11.1 Å². The van der Waals surface area contributed by atoms with Gasteiger partial charge in [0.2, 0.25) is 0 Å². The van der Waals surface area contributed by atoms with Gasteiger partial charge in [0.1, 0.15) is 5.82 Å². The molecule has 0 unspecified atom stereocenters. The van der Waals surface area contributed by atoms with Crippen LogP contribution in [0.2, 0.25) is 0 Å². The Morgan fingerprint density at radius 3 is 2.81 bits per heavy atom. The van der Waals surface area contributed by atoms with E-state index >= 15 is 0 Å². The lowest BCUT2D eigenvalue weighted by molar-refractivity contribution is 0.548. The summed E-state index contributed by atoms with van der Waals surface area (Å²) < 4.78 is 16.2. The Morgan fingerprint density at radius 1 is 1.08 bits per heavy atom. The highest BCUT2D eigenvalue weighted by Gasteiger charge is 2.19. The van der Waals surface area contributed by atoms with Gasteiger partial charge in [0.15, 0.2) is 0 Å². The van der Waals surface area contributed by atoms with Crippen LogP contribution < -0.4 is 5.32 Å². The van der Waals surface area contributed by atoms with Gasteiger partial charge in [0.25, 0.3) is 0 Å². The molecule has 0 saturated heterocycles. The van der Waals surface area contributed by atoms with E-state index < -0.39 is 0 Å². The number of aromatic nitrogens is 1. The molecule has 26 heavy (non-hydrogen) atoms. The number of halogens is 1. The molecular weight excluding hydrogens is 323 g/mol. The van der Waals surface area contributed by atoms with Gasteiger partial charge >= 0.3 is 0 Å². The van der Waals surface area contributed by atoms with Gasteiger partial charge < -0.3 is 9.88 Å². The van der Waals surface area contributed by atoms with Crippen LogP contribution in [0.5, 0.6) is 0 Å². The SMILES string of the molecule is Cc1ccc2c(c1)c1c(n2CCCNCc2ccccc2F)CCCC1. The highest BCUT2D eigenvalue weighted by atomic mass is 19.1. The van der Waals surface area contributed by atoms with E-state index in [0.717, 1.165) is 25.1 Å². The molecule has 4 rings (SSSR count). The predicted octanol–water partition coefficient (Wildman–Crippen LogP) is 5.15. The second-order valence-electron chi connectivity index (χ2n) is 7.43. The van der Waals surface area contributed by atoms with Gasteiger partial charge in [-0.25, -0.2) is 4.39 Å². The van der Waals surface area contributed by atoms with Gasteiger partial charge in [-0.05, 0) is 69.3 Å². The number of hydrogen-bond acceptors (Lipinski definition) is 1. The maximum Gasteiger partial charge on any atom is 0.127 e. The summed E-state index contributed by atoms with van der Waals surface area (Å²) >= 11 is 0. The van der Waals surface area contributed by atoms with E-state index in [2.05, 4.69) is 35.0 Å². The molecule has 136 valence electrons. The third-order valence-electron chi connectivity index (χ3n) is 5.54. The van der Waals surface area contributed by atoms with Crippen LogP contribution >= 0.6 is 0 Å². The lowest BCUT2D eigenvalue weighted by atomic mass is 9.95. The summed E-state index contributed by atoms with van der Waals surface area (Å²) in [6.07, 6.45) is 6.08. The normalized spacial score (nSPS) is 13.9. The lowest BCUT2D eigenvalue weighted by Gasteiger charge is -2.16. The number of fused-ring (bicyclic) bond motifs is 3. The first-order valence-electron chi connectivity index (χ1n) is 9.79. The highest BCUT2D eigenvalue weighted by Crippen LogP contribution is 2.32. The molecule has 0 aliphatic heterocycles. The van der Waals surface area contributed by atoms with Crippen LogP contribution in [0.4, 0.5) is 4.39 Å². The molecule has 1 heterocycles. The topological polar surface area (TPSA) is 17.0 Å². The van der Waals surface area contributed by atoms with Gasteiger partial charge in [-0.1, -0.05) is 29.8 Å². The molecule has 0 radical (unpaired) electrons. The number of rotatable bonds is 6. The summed E-state index contributed by atoms with van der Waals surface area (Å²) in [5, 5.41) is 4.85. The smallest absolute Gasteiger partial charge is 0.127 e. The minimum atomic E-state index is -0.124. The van der Waals surface area contributed by atoms with Crippen molar-refractivity contribution in [1.82, 2.24) is 9.88 Å². The summed E-state index contributed by atoms with van der Waals surface area (Å²) in [5.41, 5.74) is 6.60. The van der Waals surface area contributed by atoms with Crippen LogP contribution in [0, 0.1) is 12.7 Å². The minimum absolute atomic E-state index is 0.124. The molecule has 0 bridgehead atoms. The van der Waals surface area contributed by atoms with E-state index in [1.165, 1.54) is 48.2 Å². The summed E-state index contributed by atoms with van der Waals surface area (Å²) in [6, 6.07) is 13.9. The Labute approximate surface area is 155 Å². The number of benzene rings is 2. The van der Waals surface area contributed by atoms with Crippen molar-refractivity contribution in [2.24, 2.45) is 0 Å². The fraction of sp³-hybridized carbons (Fsp3) is 0.391. The third kappa shape index (κ3) is 3.41. The minimum Gasteiger partial charge on any atom is -0.344 e. The zero-order chi connectivity index (χ0) is 17.9. The second-order valence-corrected chi connectivity index (χ2v) is 7.43. The Morgan fingerprint density at radius 2 is 1.92 bits per heavy atom. The number of aryl methyl sites for hydroxylation is 3. The van der Waals surface area contributed by atoms with Gasteiger partial charge in [0, 0.05) is 35.2 Å². The molecule has 1 aliphatic rings. The van der Waals surface area contributed by atoms with Gasteiger partial charge in [-0.15, -0.1) is 0 Å². The van der Waals surface area contributed by atoms with Crippen LogP contribution in [0.3, 0.4) is 0 Å². The average Bonchev–Trinajstić information content (AvgIpc) is 2.96. The van der Waals surface area contributed by atoms with E-state index in [4.69, 9.17) is 0 Å². The summed E-state index contributed by atoms with van der Waals surface area (Å²) in [4.78, 5) is 0. The van der Waals surface area contributed by atoms with E-state index in [0.29, 0.717) is 6.54 Å². The van der Waals surface area contributed by atoms with Gasteiger partial charge in [0.05, 0.1) is 0 Å². The highest BCUT2D eigenvalue weighted by molar-refractivity contribution is 5.86. The molecule has 1 aromatic heterocycles. The van der Waals surface area contributed by atoms with Crippen LogP contribution in [-0.2, 0) is 25.9 Å². The van der Waals surface area contributed by atoms with Gasteiger partial charge in [-0.2, -0.15) is 0 Å². The molecule has 0 fully saturated rings. The maximum absolute atomic E-state index is 13.7. The predicted molar refractivity (Wildman–Crippen MR) is 106 cm³/mol. The summed E-state index contributed by atoms with van der Waals surface area (Å²) in [7, 11) is 0. The monoisotopic (exact) mass is 350 g/mol. The van der Waals surface area contributed by atoms with Crippen LogP contribution in [0.1, 0.15) is 41.6 Å². The van der Waals surface area contributed by atoms with Crippen LogP contribution in [0.25, 0.3) is 10.9 Å². The molecule has 2 nitrogen and oxygen atoms in total. The molecule has 3 heteroatoms. The fourth-order valence-electron chi connectivity index (χ4n) is 4.23. The molecule has 3 aromatic rings. The van der Waals surface area contributed by atoms with Crippen molar-refractivity contribution in [3.8, 4) is 0 Å². The average molecular weight is 350 g/mol. The number of nitrogens with one attached hydrogen (secondary N) is 1. The molecule has 0 saturated carbocycles. The summed E-state index contributed by atoms with van der Waals surface area (Å²) in [5.74, 6) is -0.124. The molecule has 1 N–H and O–H groups in total. The number of nitrogens with zero attached hydrogens (tertiary/aromatic N) is 1. The first-order valence-corrected chi connectivity index (χ1v) is 9.79. The van der Waals surface area contributed by atoms with Gasteiger partial charge in [-0.3, -0.25) is 0 Å². The zero-order valence-corrected chi connectivity index (χ0v) is 15.5. The Kier molecular flexibility index (Phi) is 5.07. The molecule has 0 atom stereocenters. The van der Waals surface area contributed by atoms with Crippen LogP contribution in [0.15, 0.2) is 42.5 Å². The first-order chi connectivity index (χ1) is 12.7. The molecular formula is C23H27FN2. The molecule has 0 amide bonds. The number of hydrogen-bond donors (Lipinski definition) is 1. The standard InChI is InChI=1S/C23H27FN2/c1-17-11-12-23-20(15-17)19-8-3-5-10-22(19)26(23)14-6-13-25-16-18-7-2-4-9-21(18)24/h2,4,7,9,11-12,15,25H,3,5-6,8,10,13-14,16H2,1H3. The Bertz CT molecular complexity index is 910. The van der Waals surface area contributed by atoms with Crippen molar-refractivity contribution < 1.29 is 4.39 Å². The molecule has 2 aromatic carbocycles. The van der Waals surface area contributed by atoms with E-state index in [1.807, 2.05) is 12.1 Å². The zero-order valence-electron chi connectivity index (χ0n) is 15.5. The third-order valence-corrected chi connectivity index (χ3v) is 5.54. The lowest BCUT2D eigenvalue weighted by Crippen LogP contribution is -2.18. The van der Waals surface area contributed by atoms with E-state index in [-0.39, 0.29) is 5.82 Å². The van der Waals surface area contributed by atoms with Crippen molar-refractivity contribution in [2.45, 2.75) is 52.1 Å². The fourth-order valence-corrected chi connectivity index (χ4v) is 4.23. The van der Waals surface area contributed by atoms with E-state index in [9.17, 15) is 4.39 Å². The summed E-state index contributed by atoms with van der Waals surface area (Å²) in [6.45, 7) is 4.70.